The van der Waals surface area contributed by atoms with E-state index in [1.54, 1.807) is 18.2 Å². The summed E-state index contributed by atoms with van der Waals surface area (Å²) in [6.45, 7) is 2.91. The Morgan fingerprint density at radius 3 is 2.31 bits per heavy atom. The Bertz CT molecular complexity index is 1230. The van der Waals surface area contributed by atoms with Gasteiger partial charge in [-0.3, -0.25) is 19.3 Å². The maximum absolute atomic E-state index is 12.9. The lowest BCUT2D eigenvalue weighted by molar-refractivity contribution is 0.0652. The highest BCUT2D eigenvalue weighted by molar-refractivity contribution is 7.89. The summed E-state index contributed by atoms with van der Waals surface area (Å²) in [5, 5.41) is 2.94. The molecule has 0 saturated carbocycles. The lowest BCUT2D eigenvalue weighted by atomic mass is 10.0. The number of hydrogen-bond acceptors (Lipinski definition) is 6. The van der Waals surface area contributed by atoms with Crippen LogP contribution in [0, 0.1) is 0 Å². The summed E-state index contributed by atoms with van der Waals surface area (Å²) in [4.78, 5) is 39.4. The Hall–Kier alpha value is -3.24. The summed E-state index contributed by atoms with van der Waals surface area (Å²) in [6, 6.07) is 10.6. The number of rotatable bonds is 8. The van der Waals surface area contributed by atoms with Crippen LogP contribution < -0.4 is 10.1 Å². The predicted octanol–water partition coefficient (Wildman–Crippen LogP) is 2.67. The molecule has 0 spiro atoms. The lowest BCUT2D eigenvalue weighted by Crippen LogP contribution is -2.46. The first kappa shape index (κ1) is 24.9. The zero-order valence-electron chi connectivity index (χ0n) is 19.8. The summed E-state index contributed by atoms with van der Waals surface area (Å²) in [5.41, 5.74) is 0.870. The third kappa shape index (κ3) is 4.94. The number of imide groups is 1. The summed E-state index contributed by atoms with van der Waals surface area (Å²) >= 11 is 0. The molecule has 1 saturated heterocycles. The molecule has 186 valence electrons. The van der Waals surface area contributed by atoms with Crippen LogP contribution in [0.4, 0.5) is 0 Å². The number of carbonyl (C=O) groups is 3. The Morgan fingerprint density at radius 2 is 1.69 bits per heavy atom. The van der Waals surface area contributed by atoms with Gasteiger partial charge in [-0.2, -0.15) is 4.31 Å². The molecule has 2 aromatic rings. The van der Waals surface area contributed by atoms with Gasteiger partial charge < -0.3 is 10.1 Å². The number of methoxy groups -OCH3 is 1. The van der Waals surface area contributed by atoms with E-state index in [1.807, 2.05) is 6.92 Å². The molecular weight excluding hydrogens is 470 g/mol. The number of benzene rings is 2. The van der Waals surface area contributed by atoms with Crippen LogP contribution in [-0.4, -0.2) is 68.1 Å². The topological polar surface area (TPSA) is 113 Å². The second kappa shape index (κ2) is 10.2. The predicted molar refractivity (Wildman–Crippen MR) is 129 cm³/mol. The van der Waals surface area contributed by atoms with Gasteiger partial charge >= 0.3 is 0 Å². The molecule has 2 aromatic carbocycles. The van der Waals surface area contributed by atoms with Crippen LogP contribution in [0.3, 0.4) is 0 Å². The van der Waals surface area contributed by atoms with E-state index < -0.39 is 10.0 Å². The Morgan fingerprint density at radius 1 is 1.03 bits per heavy atom. The van der Waals surface area contributed by atoms with Gasteiger partial charge in [0.15, 0.2) is 0 Å². The number of sulfonamides is 1. The molecule has 0 aromatic heterocycles. The minimum atomic E-state index is -3.63. The van der Waals surface area contributed by atoms with E-state index in [0.29, 0.717) is 36.3 Å². The molecule has 0 unspecified atom stereocenters. The molecule has 0 aliphatic carbocycles. The van der Waals surface area contributed by atoms with Crippen molar-refractivity contribution in [2.24, 2.45) is 0 Å². The van der Waals surface area contributed by atoms with Crippen molar-refractivity contribution < 1.29 is 27.5 Å². The van der Waals surface area contributed by atoms with Crippen molar-refractivity contribution in [3.8, 4) is 5.75 Å². The van der Waals surface area contributed by atoms with Gasteiger partial charge in [0.2, 0.25) is 10.0 Å². The van der Waals surface area contributed by atoms with Crippen LogP contribution in [0.2, 0.25) is 0 Å². The van der Waals surface area contributed by atoms with Crippen molar-refractivity contribution in [3.05, 3.63) is 59.2 Å². The molecule has 4 rings (SSSR count). The normalized spacial score (nSPS) is 16.9. The van der Waals surface area contributed by atoms with E-state index in [2.05, 4.69) is 5.32 Å². The van der Waals surface area contributed by atoms with E-state index >= 15 is 0 Å². The number of fused-ring (bicyclic) bond motifs is 1. The minimum absolute atomic E-state index is 0.198. The zero-order chi connectivity index (χ0) is 25.2. The molecule has 9 nitrogen and oxygen atoms in total. The minimum Gasteiger partial charge on any atom is -0.497 e. The van der Waals surface area contributed by atoms with Crippen molar-refractivity contribution >= 4 is 27.7 Å². The summed E-state index contributed by atoms with van der Waals surface area (Å²) in [7, 11) is -2.11. The van der Waals surface area contributed by atoms with E-state index in [1.165, 1.54) is 40.6 Å². The fourth-order valence-corrected chi connectivity index (χ4v) is 5.83. The molecule has 2 aliphatic rings. The number of piperidine rings is 1. The molecule has 2 heterocycles. The van der Waals surface area contributed by atoms with Crippen LogP contribution in [-0.2, 0) is 10.0 Å². The van der Waals surface area contributed by atoms with E-state index in [4.69, 9.17) is 4.74 Å². The maximum atomic E-state index is 12.9. The molecule has 2 aliphatic heterocycles. The fraction of sp³-hybridized carbons (Fsp3) is 0.400. The van der Waals surface area contributed by atoms with Crippen molar-refractivity contribution in [1.82, 2.24) is 14.5 Å². The highest BCUT2D eigenvalue weighted by Crippen LogP contribution is 2.26. The van der Waals surface area contributed by atoms with Crippen LogP contribution in [0.5, 0.6) is 5.75 Å². The largest absolute Gasteiger partial charge is 0.497 e. The van der Waals surface area contributed by atoms with Gasteiger partial charge in [-0.05, 0) is 61.7 Å². The van der Waals surface area contributed by atoms with Crippen LogP contribution in [0.15, 0.2) is 47.4 Å². The van der Waals surface area contributed by atoms with Crippen molar-refractivity contribution in [1.29, 1.82) is 0 Å². The van der Waals surface area contributed by atoms with Gasteiger partial charge in [0.05, 0.1) is 23.1 Å². The van der Waals surface area contributed by atoms with Gasteiger partial charge in [0, 0.05) is 31.2 Å². The van der Waals surface area contributed by atoms with Gasteiger partial charge in [-0.25, -0.2) is 8.42 Å². The first-order valence-electron chi connectivity index (χ1n) is 11.7. The molecule has 3 amide bonds. The van der Waals surface area contributed by atoms with Crippen molar-refractivity contribution in [3.63, 3.8) is 0 Å². The third-order valence-corrected chi connectivity index (χ3v) is 8.37. The first-order valence-corrected chi connectivity index (χ1v) is 13.2. The molecule has 35 heavy (non-hydrogen) atoms. The number of carbonyl (C=O) groups excluding carboxylic acids is 3. The lowest BCUT2D eigenvalue weighted by Gasteiger charge is -2.31. The average Bonchev–Trinajstić information content (AvgIpc) is 3.11. The zero-order valence-corrected chi connectivity index (χ0v) is 20.6. The van der Waals surface area contributed by atoms with Gasteiger partial charge in [0.25, 0.3) is 17.7 Å². The third-order valence-electron chi connectivity index (χ3n) is 6.45. The second-order valence-electron chi connectivity index (χ2n) is 8.70. The molecule has 0 bridgehead atoms. The number of nitrogens with zero attached hydrogens (tertiary/aromatic N) is 2. The van der Waals surface area contributed by atoms with Crippen molar-refractivity contribution in [2.45, 2.75) is 43.5 Å². The Balaban J connectivity index is 1.37. The quantitative estimate of drug-likeness (QED) is 0.559. The summed E-state index contributed by atoms with van der Waals surface area (Å²) < 4.78 is 32.4. The van der Waals surface area contributed by atoms with Crippen molar-refractivity contribution in [2.75, 3.05) is 26.7 Å². The van der Waals surface area contributed by atoms with Gasteiger partial charge in [-0.15, -0.1) is 0 Å². The van der Waals surface area contributed by atoms with Crippen LogP contribution in [0.25, 0.3) is 0 Å². The maximum Gasteiger partial charge on any atom is 0.261 e. The Kier molecular flexibility index (Phi) is 7.23. The fourth-order valence-electron chi connectivity index (χ4n) is 4.36. The number of nitrogens with one attached hydrogen (secondary N) is 1. The van der Waals surface area contributed by atoms with E-state index in [-0.39, 0.29) is 47.3 Å². The van der Waals surface area contributed by atoms with Gasteiger partial charge in [0.1, 0.15) is 5.75 Å². The second-order valence-corrected chi connectivity index (χ2v) is 10.6. The summed E-state index contributed by atoms with van der Waals surface area (Å²) in [6.07, 6.45) is 2.52. The van der Waals surface area contributed by atoms with Crippen LogP contribution in [0.1, 0.15) is 63.7 Å². The van der Waals surface area contributed by atoms with Gasteiger partial charge in [-0.1, -0.05) is 13.3 Å². The summed E-state index contributed by atoms with van der Waals surface area (Å²) in [5.74, 6) is -0.464. The molecule has 0 radical (unpaired) electrons. The SMILES string of the molecule is CCCCN1C(=O)c2ccc(C(=O)NC3CCN(S(=O)(=O)c4ccc(OC)cc4)CC3)cc2C1=O. The standard InChI is InChI=1S/C25H29N3O6S/c1-3-4-13-28-24(30)21-10-5-17(16-22(21)25(28)31)23(29)26-18-11-14-27(15-12-18)35(32,33)20-8-6-19(34-2)7-9-20/h5-10,16,18H,3-4,11-15H2,1-2H3,(H,26,29). The number of hydrogen-bond donors (Lipinski definition) is 1. The number of ether oxygens (including phenoxy) is 1. The number of amides is 3. The highest BCUT2D eigenvalue weighted by Gasteiger charge is 2.36. The molecule has 0 atom stereocenters. The molecule has 1 N–H and O–H groups in total. The smallest absolute Gasteiger partial charge is 0.261 e. The Labute approximate surface area is 205 Å². The van der Waals surface area contributed by atoms with Crippen LogP contribution >= 0.6 is 0 Å². The van der Waals surface area contributed by atoms with E-state index in [0.717, 1.165) is 12.8 Å². The molecule has 10 heteroatoms. The average molecular weight is 500 g/mol. The number of unbranched alkanes of at least 4 members (excludes halogenated alkanes) is 1. The van der Waals surface area contributed by atoms with E-state index in [9.17, 15) is 22.8 Å². The monoisotopic (exact) mass is 499 g/mol. The first-order chi connectivity index (χ1) is 16.8. The highest BCUT2D eigenvalue weighted by atomic mass is 32.2. The molecule has 1 fully saturated rings. The molecular formula is C25H29N3O6S.